The van der Waals surface area contributed by atoms with Crippen LogP contribution < -0.4 is 0 Å². The van der Waals surface area contributed by atoms with Gasteiger partial charge in [-0.3, -0.25) is 9.59 Å². The van der Waals surface area contributed by atoms with Crippen LogP contribution in [0.4, 0.5) is 0 Å². The Kier molecular flexibility index (Phi) is 1.56. The highest BCUT2D eigenvalue weighted by Gasteiger charge is 2.37. The molecule has 66 valence electrons. The van der Waals surface area contributed by atoms with E-state index in [-0.39, 0.29) is 18.4 Å². The number of likely N-dealkylation sites (N-methyl/N-ethyl adjacent to an activating group) is 1. The van der Waals surface area contributed by atoms with Crippen molar-refractivity contribution in [1.82, 2.24) is 9.80 Å². The summed E-state index contributed by atoms with van der Waals surface area (Å²) in [6.07, 6.45) is 2.14. The van der Waals surface area contributed by atoms with Crippen LogP contribution in [0.5, 0.6) is 0 Å². The van der Waals surface area contributed by atoms with Gasteiger partial charge in [0, 0.05) is 13.1 Å². The standard InChI is InChI=1S/C8H12N2O2/c1-9-4-8(12)10(5-7(9)11)6-2-3-6/h6H,2-5H2,1H3. The van der Waals surface area contributed by atoms with Gasteiger partial charge in [-0.15, -0.1) is 0 Å². The van der Waals surface area contributed by atoms with E-state index in [4.69, 9.17) is 0 Å². The van der Waals surface area contributed by atoms with Gasteiger partial charge in [0.05, 0.1) is 6.54 Å². The van der Waals surface area contributed by atoms with E-state index in [1.807, 2.05) is 0 Å². The summed E-state index contributed by atoms with van der Waals surface area (Å²) >= 11 is 0. The smallest absolute Gasteiger partial charge is 0.242 e. The van der Waals surface area contributed by atoms with Crippen molar-refractivity contribution < 1.29 is 9.59 Å². The first kappa shape index (κ1) is 7.58. The lowest BCUT2D eigenvalue weighted by Gasteiger charge is -2.31. The summed E-state index contributed by atoms with van der Waals surface area (Å²) in [6, 6.07) is 0.371. The van der Waals surface area contributed by atoms with E-state index in [0.717, 1.165) is 12.8 Å². The number of carbonyl (C=O) groups excluding carboxylic acids is 2. The lowest BCUT2D eigenvalue weighted by Crippen LogP contribution is -2.52. The van der Waals surface area contributed by atoms with Crippen LogP contribution in [0.3, 0.4) is 0 Å². The predicted octanol–water partition coefficient (Wildman–Crippen LogP) is -0.551. The van der Waals surface area contributed by atoms with Gasteiger partial charge in [-0.05, 0) is 12.8 Å². The molecule has 0 unspecified atom stereocenters. The van der Waals surface area contributed by atoms with Crippen LogP contribution in [0, 0.1) is 0 Å². The normalized spacial score (nSPS) is 25.1. The quantitative estimate of drug-likeness (QED) is 0.527. The number of nitrogens with zero attached hydrogens (tertiary/aromatic N) is 2. The van der Waals surface area contributed by atoms with Crippen LogP contribution in [0.2, 0.25) is 0 Å². The molecule has 2 amide bonds. The monoisotopic (exact) mass is 168 g/mol. The zero-order valence-corrected chi connectivity index (χ0v) is 7.12. The topological polar surface area (TPSA) is 40.6 Å². The number of hydrogen-bond donors (Lipinski definition) is 0. The van der Waals surface area contributed by atoms with Gasteiger partial charge in [-0.25, -0.2) is 0 Å². The van der Waals surface area contributed by atoms with Gasteiger partial charge < -0.3 is 9.80 Å². The third kappa shape index (κ3) is 1.17. The number of amides is 2. The molecule has 0 spiro atoms. The molecule has 0 N–H and O–H groups in total. The van der Waals surface area contributed by atoms with Crippen LogP contribution in [0.1, 0.15) is 12.8 Å². The highest BCUT2D eigenvalue weighted by molar-refractivity contribution is 5.92. The van der Waals surface area contributed by atoms with Gasteiger partial charge in [0.25, 0.3) is 0 Å². The van der Waals surface area contributed by atoms with Crippen LogP contribution in [0.25, 0.3) is 0 Å². The Labute approximate surface area is 71.1 Å². The zero-order chi connectivity index (χ0) is 8.72. The molecule has 1 saturated heterocycles. The van der Waals surface area contributed by atoms with Crippen LogP contribution in [-0.2, 0) is 9.59 Å². The van der Waals surface area contributed by atoms with Gasteiger partial charge in [0.2, 0.25) is 11.8 Å². The van der Waals surface area contributed by atoms with Crippen molar-refractivity contribution in [2.75, 3.05) is 20.1 Å². The predicted molar refractivity (Wildman–Crippen MR) is 42.4 cm³/mol. The molecule has 2 rings (SSSR count). The fourth-order valence-electron chi connectivity index (χ4n) is 1.46. The summed E-state index contributed by atoms with van der Waals surface area (Å²) in [5.41, 5.74) is 0. The lowest BCUT2D eigenvalue weighted by molar-refractivity contribution is -0.149. The first-order valence-electron chi connectivity index (χ1n) is 4.22. The number of carbonyl (C=O) groups is 2. The van der Waals surface area contributed by atoms with E-state index < -0.39 is 0 Å². The van der Waals surface area contributed by atoms with Gasteiger partial charge >= 0.3 is 0 Å². The molecule has 2 fully saturated rings. The minimum Gasteiger partial charge on any atom is -0.335 e. The molecule has 0 aromatic rings. The van der Waals surface area contributed by atoms with E-state index in [1.165, 1.54) is 4.90 Å². The maximum Gasteiger partial charge on any atom is 0.242 e. The first-order chi connectivity index (χ1) is 5.68. The largest absolute Gasteiger partial charge is 0.335 e. The molecule has 0 aromatic heterocycles. The summed E-state index contributed by atoms with van der Waals surface area (Å²) in [7, 11) is 1.67. The molecule has 2 aliphatic rings. The number of hydrogen-bond acceptors (Lipinski definition) is 2. The van der Waals surface area contributed by atoms with Gasteiger partial charge in [0.1, 0.15) is 6.54 Å². The Hall–Kier alpha value is -1.06. The van der Waals surface area contributed by atoms with Crippen LogP contribution >= 0.6 is 0 Å². The number of piperazine rings is 1. The van der Waals surface area contributed by atoms with Gasteiger partial charge in [-0.2, -0.15) is 0 Å². The average molecular weight is 168 g/mol. The molecule has 1 heterocycles. The second-order valence-electron chi connectivity index (χ2n) is 3.50. The summed E-state index contributed by atoms with van der Waals surface area (Å²) in [6.45, 7) is 0.551. The van der Waals surface area contributed by atoms with Crippen molar-refractivity contribution in [1.29, 1.82) is 0 Å². The molecule has 1 aliphatic heterocycles. The second-order valence-corrected chi connectivity index (χ2v) is 3.50. The molecule has 4 heteroatoms. The molecule has 1 saturated carbocycles. The molecular weight excluding hydrogens is 156 g/mol. The van der Waals surface area contributed by atoms with Crippen molar-refractivity contribution in [2.45, 2.75) is 18.9 Å². The van der Waals surface area contributed by atoms with E-state index in [1.54, 1.807) is 11.9 Å². The summed E-state index contributed by atoms with van der Waals surface area (Å²) in [5.74, 6) is 0.154. The first-order valence-corrected chi connectivity index (χ1v) is 4.22. The van der Waals surface area contributed by atoms with E-state index in [2.05, 4.69) is 0 Å². The molecule has 4 nitrogen and oxygen atoms in total. The van der Waals surface area contributed by atoms with E-state index in [0.29, 0.717) is 12.6 Å². The maximum atomic E-state index is 11.4. The second kappa shape index (κ2) is 2.47. The van der Waals surface area contributed by atoms with Crippen molar-refractivity contribution >= 4 is 11.8 Å². The summed E-state index contributed by atoms with van der Waals surface area (Å²) in [5, 5.41) is 0. The van der Waals surface area contributed by atoms with E-state index >= 15 is 0 Å². The minimum absolute atomic E-state index is 0.0569. The Bertz CT molecular complexity index is 235. The third-order valence-corrected chi connectivity index (χ3v) is 2.41. The third-order valence-electron chi connectivity index (χ3n) is 2.41. The molecule has 1 aliphatic carbocycles. The van der Waals surface area contributed by atoms with Crippen molar-refractivity contribution in [3.8, 4) is 0 Å². The van der Waals surface area contributed by atoms with Crippen LogP contribution in [0.15, 0.2) is 0 Å². The van der Waals surface area contributed by atoms with Crippen molar-refractivity contribution in [3.05, 3.63) is 0 Å². The van der Waals surface area contributed by atoms with Gasteiger partial charge in [-0.1, -0.05) is 0 Å². The fraction of sp³-hybridized carbons (Fsp3) is 0.750. The fourth-order valence-corrected chi connectivity index (χ4v) is 1.46. The maximum absolute atomic E-state index is 11.4. The lowest BCUT2D eigenvalue weighted by atomic mass is 10.3. The zero-order valence-electron chi connectivity index (χ0n) is 7.12. The molecular formula is C8H12N2O2. The summed E-state index contributed by atoms with van der Waals surface area (Å²) < 4.78 is 0. The molecule has 12 heavy (non-hydrogen) atoms. The highest BCUT2D eigenvalue weighted by atomic mass is 16.2. The Morgan fingerprint density at radius 2 is 1.83 bits per heavy atom. The molecule has 0 aromatic carbocycles. The minimum atomic E-state index is 0.0569. The van der Waals surface area contributed by atoms with Gasteiger partial charge in [0.15, 0.2) is 0 Å². The molecule has 0 bridgehead atoms. The van der Waals surface area contributed by atoms with Crippen LogP contribution in [-0.4, -0.2) is 47.8 Å². The average Bonchev–Trinajstić information content (AvgIpc) is 2.79. The molecule has 0 atom stereocenters. The van der Waals surface area contributed by atoms with E-state index in [9.17, 15) is 9.59 Å². The SMILES string of the molecule is CN1CC(=O)N(C2CC2)CC1=O. The van der Waals surface area contributed by atoms with Crippen molar-refractivity contribution in [2.24, 2.45) is 0 Å². The Morgan fingerprint density at radius 3 is 2.42 bits per heavy atom. The van der Waals surface area contributed by atoms with Crippen molar-refractivity contribution in [3.63, 3.8) is 0 Å². The number of rotatable bonds is 1. The summed E-state index contributed by atoms with van der Waals surface area (Å²) in [4.78, 5) is 25.8. The Morgan fingerprint density at radius 1 is 1.17 bits per heavy atom. The highest BCUT2D eigenvalue weighted by Crippen LogP contribution is 2.27. The molecule has 0 radical (unpaired) electrons. The Balaban J connectivity index is 2.06.